The molecule has 6 nitrogen and oxygen atoms in total. The Morgan fingerprint density at radius 3 is 0.333 bits per heavy atom. The van der Waals surface area contributed by atoms with Crippen molar-refractivity contribution in [1.29, 1.82) is 0 Å². The van der Waals surface area contributed by atoms with Gasteiger partial charge in [0, 0.05) is 0 Å². The van der Waals surface area contributed by atoms with Crippen molar-refractivity contribution in [2.75, 3.05) is 0 Å². The van der Waals surface area contributed by atoms with Crippen LogP contribution in [0.3, 0.4) is 0 Å². The summed E-state index contributed by atoms with van der Waals surface area (Å²) in [5.41, 5.74) is 0. The molecule has 0 fully saturated rings. The van der Waals surface area contributed by atoms with Gasteiger partial charge in [0.25, 0.3) is 0 Å². The summed E-state index contributed by atoms with van der Waals surface area (Å²) in [6.45, 7) is 0. The van der Waals surface area contributed by atoms with Crippen molar-refractivity contribution >= 4 is 0 Å². The molecular weight excluding hydrogens is 307 g/mol. The van der Waals surface area contributed by atoms with Crippen molar-refractivity contribution in [3.8, 4) is 0 Å². The fourth-order valence-corrected chi connectivity index (χ4v) is 0. The predicted molar refractivity (Wildman–Crippen MR) is 30.1 cm³/mol. The van der Waals surface area contributed by atoms with E-state index in [9.17, 15) is 0 Å². The van der Waals surface area contributed by atoms with Crippen LogP contribution in [-0.2, 0) is 17.1 Å². The first-order valence-electron chi connectivity index (χ1n) is 0. The average Bonchev–Trinajstić information content (AvgIpc) is 0. The molecule has 0 atom stereocenters. The van der Waals surface area contributed by atoms with Gasteiger partial charge in [-0.25, -0.2) is 0 Å². The summed E-state index contributed by atoms with van der Waals surface area (Å²) in [6, 6.07) is 0. The van der Waals surface area contributed by atoms with Crippen molar-refractivity contribution in [1.82, 2.24) is 36.9 Å². The molecule has 0 rings (SSSR count). The Hall–Kier alpha value is 1.24. The van der Waals surface area contributed by atoms with Crippen LogP contribution in [0.25, 0.3) is 0 Å². The van der Waals surface area contributed by atoms with Crippen LogP contribution in [0.4, 0.5) is 0 Å². The number of rotatable bonds is 0. The van der Waals surface area contributed by atoms with E-state index in [0.717, 1.165) is 0 Å². The molecule has 0 aliphatic heterocycles. The van der Waals surface area contributed by atoms with Gasteiger partial charge < -0.3 is 70.9 Å². The minimum atomic E-state index is 0. The third-order valence-electron chi connectivity index (χ3n) is 0. The maximum absolute atomic E-state index is 0. The van der Waals surface area contributed by atoms with Crippen molar-refractivity contribution in [3.05, 3.63) is 0 Å². The van der Waals surface area contributed by atoms with Crippen LogP contribution in [0, 0.1) is 0 Å². The van der Waals surface area contributed by atoms with Crippen LogP contribution in [0.1, 0.15) is 0 Å². The smallest absolute Gasteiger partial charge is 1.00 e. The standard InChI is InChI=1S/2BrH.Cu.6H3N/h2*1H;;6*1H3/q;;+2;;;;;;/p-2. The van der Waals surface area contributed by atoms with E-state index in [1.54, 1.807) is 0 Å². The molecule has 0 aliphatic carbocycles. The second-order valence-electron chi connectivity index (χ2n) is 0. The zero-order chi connectivity index (χ0) is 0. The van der Waals surface area contributed by atoms with Crippen molar-refractivity contribution in [3.63, 3.8) is 0 Å². The van der Waals surface area contributed by atoms with E-state index in [4.69, 9.17) is 0 Å². The van der Waals surface area contributed by atoms with E-state index < -0.39 is 0 Å². The Kier molecular flexibility index (Phi) is 25800. The molecule has 0 aromatic rings. The molecule has 0 spiro atoms. The van der Waals surface area contributed by atoms with Crippen molar-refractivity contribution in [2.24, 2.45) is 0 Å². The predicted octanol–water partition coefficient (Wildman–Crippen LogP) is -5.02. The second-order valence-corrected chi connectivity index (χ2v) is 0. The third-order valence-corrected chi connectivity index (χ3v) is 0. The van der Waals surface area contributed by atoms with E-state index >= 15 is 0 Å². The minimum Gasteiger partial charge on any atom is -1.00 e. The molecule has 73 valence electrons. The van der Waals surface area contributed by atoms with E-state index in [0.29, 0.717) is 0 Å². The van der Waals surface area contributed by atoms with Gasteiger partial charge in [-0.2, -0.15) is 0 Å². The van der Waals surface area contributed by atoms with E-state index in [2.05, 4.69) is 0 Å². The number of hydrogen-bond donors (Lipinski definition) is 6. The zero-order valence-electron chi connectivity index (χ0n) is 5.30. The molecule has 1 radical (unpaired) electrons. The van der Waals surface area contributed by atoms with E-state index in [-0.39, 0.29) is 87.9 Å². The molecule has 0 aliphatic rings. The second kappa shape index (κ2) is 408. The fourth-order valence-electron chi connectivity index (χ4n) is 0. The van der Waals surface area contributed by atoms with Crippen LogP contribution in [-0.4, -0.2) is 0 Å². The fraction of sp³-hybridized carbons (Fsp3) is 0. The van der Waals surface area contributed by atoms with Crippen molar-refractivity contribution < 1.29 is 51.0 Å². The molecular formula is H18Br2CuN6. The van der Waals surface area contributed by atoms with Gasteiger partial charge in [0.2, 0.25) is 0 Å². The van der Waals surface area contributed by atoms with E-state index in [1.807, 2.05) is 0 Å². The first kappa shape index (κ1) is 569. The SMILES string of the molecule is N.N.N.N.N.N.[Br-].[Br-].[Cu+2]. The summed E-state index contributed by atoms with van der Waals surface area (Å²) < 4.78 is 0. The summed E-state index contributed by atoms with van der Waals surface area (Å²) in [7, 11) is 0. The normalized spacial score (nSPS) is 0. The molecule has 0 aromatic heterocycles. The molecule has 0 bridgehead atoms. The van der Waals surface area contributed by atoms with Gasteiger partial charge in [-0.15, -0.1) is 0 Å². The molecule has 0 unspecified atom stereocenters. The Morgan fingerprint density at radius 1 is 0.333 bits per heavy atom. The van der Waals surface area contributed by atoms with Gasteiger partial charge in [-0.05, 0) is 0 Å². The van der Waals surface area contributed by atoms with Crippen LogP contribution in [0.15, 0.2) is 0 Å². The van der Waals surface area contributed by atoms with Crippen molar-refractivity contribution in [2.45, 2.75) is 0 Å². The van der Waals surface area contributed by atoms with Crippen LogP contribution in [0.2, 0.25) is 0 Å². The molecule has 9 heavy (non-hydrogen) atoms. The van der Waals surface area contributed by atoms with E-state index in [1.165, 1.54) is 0 Å². The third kappa shape index (κ3) is 315. The minimum absolute atomic E-state index is 0. The first-order valence-corrected chi connectivity index (χ1v) is 0. The van der Waals surface area contributed by atoms with Gasteiger partial charge in [-0.3, -0.25) is 0 Å². The van der Waals surface area contributed by atoms with Gasteiger partial charge in [0.15, 0.2) is 0 Å². The Labute approximate surface area is 87.8 Å². The Balaban J connectivity index is 0. The largest absolute Gasteiger partial charge is 2.00 e. The summed E-state index contributed by atoms with van der Waals surface area (Å²) >= 11 is 0. The molecule has 18 N–H and O–H groups in total. The molecule has 0 saturated heterocycles. The maximum atomic E-state index is 0. The topological polar surface area (TPSA) is 210 Å². The quantitative estimate of drug-likeness (QED) is 0.240. The van der Waals surface area contributed by atoms with Crippen LogP contribution < -0.4 is 70.9 Å². The van der Waals surface area contributed by atoms with Gasteiger partial charge in [0.1, 0.15) is 0 Å². The molecule has 0 heterocycles. The maximum Gasteiger partial charge on any atom is 2.00 e. The number of hydrogen-bond acceptors (Lipinski definition) is 6. The molecule has 0 aromatic carbocycles. The Morgan fingerprint density at radius 2 is 0.333 bits per heavy atom. The molecule has 9 heteroatoms. The van der Waals surface area contributed by atoms with Crippen LogP contribution >= 0.6 is 0 Å². The average molecular weight is 326 g/mol. The summed E-state index contributed by atoms with van der Waals surface area (Å²) in [5, 5.41) is 0. The molecule has 0 amide bonds. The van der Waals surface area contributed by atoms with Gasteiger partial charge in [0.05, 0.1) is 0 Å². The zero-order valence-corrected chi connectivity index (χ0v) is 9.41. The summed E-state index contributed by atoms with van der Waals surface area (Å²) in [6.07, 6.45) is 0. The van der Waals surface area contributed by atoms with Gasteiger partial charge >= 0.3 is 17.1 Å². The summed E-state index contributed by atoms with van der Waals surface area (Å²) in [5.74, 6) is 0. The van der Waals surface area contributed by atoms with Gasteiger partial charge in [-0.1, -0.05) is 0 Å². The summed E-state index contributed by atoms with van der Waals surface area (Å²) in [4.78, 5) is 0. The monoisotopic (exact) mass is 323 g/mol. The Bertz CT molecular complexity index is 11.0. The first-order chi connectivity index (χ1) is 0. The number of halogens is 2. The molecule has 0 saturated carbocycles. The van der Waals surface area contributed by atoms with Crippen LogP contribution in [0.5, 0.6) is 0 Å².